The quantitative estimate of drug-likeness (QED) is 0.886. The highest BCUT2D eigenvalue weighted by atomic mass is 16.7. The van der Waals surface area contributed by atoms with Crippen LogP contribution in [0, 0.1) is 0 Å². The number of likely N-dealkylation sites (tertiary alicyclic amines) is 1. The van der Waals surface area contributed by atoms with E-state index in [0.717, 1.165) is 31.0 Å². The van der Waals surface area contributed by atoms with Crippen LogP contribution in [-0.4, -0.2) is 37.4 Å². The maximum Gasteiger partial charge on any atom is 0.317 e. The van der Waals surface area contributed by atoms with E-state index in [-0.39, 0.29) is 6.03 Å². The van der Waals surface area contributed by atoms with E-state index in [9.17, 15) is 4.79 Å². The van der Waals surface area contributed by atoms with E-state index >= 15 is 0 Å². The van der Waals surface area contributed by atoms with Gasteiger partial charge in [-0.25, -0.2) is 4.79 Å². The maximum atomic E-state index is 11.8. The van der Waals surface area contributed by atoms with Crippen LogP contribution in [0.2, 0.25) is 0 Å². The minimum atomic E-state index is 0.0331. The van der Waals surface area contributed by atoms with Crippen molar-refractivity contribution >= 4 is 6.03 Å². The highest BCUT2D eigenvalue weighted by Gasteiger charge is 2.28. The zero-order valence-electron chi connectivity index (χ0n) is 11.0. The summed E-state index contributed by atoms with van der Waals surface area (Å²) in [5.41, 5.74) is 1.22. The SMILES string of the molecule is CCNC(=O)N1CCC(c2ccc3c(c2)OCO3)C1. The Bertz CT molecular complexity index is 490. The van der Waals surface area contributed by atoms with Crippen LogP contribution in [0.5, 0.6) is 11.5 Å². The lowest BCUT2D eigenvalue weighted by atomic mass is 9.98. The Labute approximate surface area is 112 Å². The lowest BCUT2D eigenvalue weighted by molar-refractivity contribution is 0.174. The number of urea groups is 1. The molecule has 5 heteroatoms. The van der Waals surface area contributed by atoms with Gasteiger partial charge in [0.1, 0.15) is 0 Å². The second kappa shape index (κ2) is 4.99. The van der Waals surface area contributed by atoms with Crippen LogP contribution in [0.25, 0.3) is 0 Å². The van der Waals surface area contributed by atoms with Crippen molar-refractivity contribution in [2.75, 3.05) is 26.4 Å². The molecule has 1 unspecified atom stereocenters. The first-order chi connectivity index (χ1) is 9.28. The Hall–Kier alpha value is -1.91. The molecule has 102 valence electrons. The van der Waals surface area contributed by atoms with Crippen molar-refractivity contribution in [1.29, 1.82) is 0 Å². The number of amides is 2. The zero-order chi connectivity index (χ0) is 13.2. The Morgan fingerprint density at radius 2 is 2.26 bits per heavy atom. The second-order valence-electron chi connectivity index (χ2n) is 4.88. The second-order valence-corrected chi connectivity index (χ2v) is 4.88. The van der Waals surface area contributed by atoms with Crippen molar-refractivity contribution < 1.29 is 14.3 Å². The average molecular weight is 262 g/mol. The van der Waals surface area contributed by atoms with E-state index in [2.05, 4.69) is 11.4 Å². The van der Waals surface area contributed by atoms with E-state index in [0.29, 0.717) is 19.3 Å². The molecule has 2 aliphatic heterocycles. The molecule has 2 aliphatic rings. The number of carbonyl (C=O) groups excluding carboxylic acids is 1. The monoisotopic (exact) mass is 262 g/mol. The van der Waals surface area contributed by atoms with Crippen molar-refractivity contribution in [3.8, 4) is 11.5 Å². The van der Waals surface area contributed by atoms with Gasteiger partial charge < -0.3 is 19.7 Å². The summed E-state index contributed by atoms with van der Waals surface area (Å²) in [5, 5.41) is 2.84. The predicted octanol–water partition coefficient (Wildman–Crippen LogP) is 1.93. The summed E-state index contributed by atoms with van der Waals surface area (Å²) in [6.45, 7) is 4.48. The molecule has 1 fully saturated rings. The van der Waals surface area contributed by atoms with Crippen LogP contribution in [0.1, 0.15) is 24.8 Å². The van der Waals surface area contributed by atoms with Gasteiger partial charge >= 0.3 is 6.03 Å². The number of ether oxygens (including phenoxy) is 2. The molecule has 0 spiro atoms. The van der Waals surface area contributed by atoms with Crippen molar-refractivity contribution in [1.82, 2.24) is 10.2 Å². The van der Waals surface area contributed by atoms with E-state index in [1.165, 1.54) is 5.56 Å². The van der Waals surface area contributed by atoms with E-state index in [4.69, 9.17) is 9.47 Å². The minimum absolute atomic E-state index is 0.0331. The molecule has 0 radical (unpaired) electrons. The maximum absolute atomic E-state index is 11.8. The molecule has 1 aromatic rings. The number of carbonyl (C=O) groups is 1. The first kappa shape index (κ1) is 12.1. The minimum Gasteiger partial charge on any atom is -0.454 e. The van der Waals surface area contributed by atoms with E-state index < -0.39 is 0 Å². The van der Waals surface area contributed by atoms with Gasteiger partial charge in [0.05, 0.1) is 0 Å². The largest absolute Gasteiger partial charge is 0.454 e. The fourth-order valence-corrected chi connectivity index (χ4v) is 2.65. The first-order valence-corrected chi connectivity index (χ1v) is 6.70. The standard InChI is InChI=1S/C14H18N2O3/c1-2-15-14(17)16-6-5-11(8-16)10-3-4-12-13(7-10)19-9-18-12/h3-4,7,11H,2,5-6,8-9H2,1H3,(H,15,17). The number of nitrogens with zero attached hydrogens (tertiary/aromatic N) is 1. The lowest BCUT2D eigenvalue weighted by Gasteiger charge is -2.17. The number of hydrogen-bond donors (Lipinski definition) is 1. The predicted molar refractivity (Wildman–Crippen MR) is 70.6 cm³/mol. The third-order valence-electron chi connectivity index (χ3n) is 3.67. The van der Waals surface area contributed by atoms with Gasteiger partial charge in [0.25, 0.3) is 0 Å². The van der Waals surface area contributed by atoms with Crippen LogP contribution in [-0.2, 0) is 0 Å². The molecule has 3 rings (SSSR count). The fraction of sp³-hybridized carbons (Fsp3) is 0.500. The van der Waals surface area contributed by atoms with E-state index in [1.54, 1.807) is 0 Å². The summed E-state index contributed by atoms with van der Waals surface area (Å²) in [5.74, 6) is 2.01. The molecule has 2 amide bonds. The molecule has 5 nitrogen and oxygen atoms in total. The summed E-state index contributed by atoms with van der Waals surface area (Å²) in [6.07, 6.45) is 0.997. The fourth-order valence-electron chi connectivity index (χ4n) is 2.65. The third-order valence-corrected chi connectivity index (χ3v) is 3.67. The van der Waals surface area contributed by atoms with Gasteiger partial charge in [0.2, 0.25) is 6.79 Å². The molecule has 0 aliphatic carbocycles. The number of benzene rings is 1. The van der Waals surface area contributed by atoms with Gasteiger partial charge in [-0.1, -0.05) is 6.07 Å². The van der Waals surface area contributed by atoms with Gasteiger partial charge in [0.15, 0.2) is 11.5 Å². The number of rotatable bonds is 2. The molecular weight excluding hydrogens is 244 g/mol. The van der Waals surface area contributed by atoms with Crippen LogP contribution in [0.4, 0.5) is 4.79 Å². The molecular formula is C14H18N2O3. The van der Waals surface area contributed by atoms with Crippen molar-refractivity contribution in [3.05, 3.63) is 23.8 Å². The number of nitrogens with one attached hydrogen (secondary N) is 1. The van der Waals surface area contributed by atoms with Gasteiger partial charge in [-0.3, -0.25) is 0 Å². The molecule has 1 N–H and O–H groups in total. The summed E-state index contributed by atoms with van der Waals surface area (Å²) < 4.78 is 10.7. The smallest absolute Gasteiger partial charge is 0.317 e. The van der Waals surface area contributed by atoms with Crippen LogP contribution in [0.15, 0.2) is 18.2 Å². The molecule has 2 heterocycles. The van der Waals surface area contributed by atoms with Crippen molar-refractivity contribution in [3.63, 3.8) is 0 Å². The average Bonchev–Trinajstić information content (AvgIpc) is 3.07. The highest BCUT2D eigenvalue weighted by molar-refractivity contribution is 5.74. The molecule has 1 saturated heterocycles. The van der Waals surface area contributed by atoms with Crippen LogP contribution < -0.4 is 14.8 Å². The van der Waals surface area contributed by atoms with Gasteiger partial charge in [-0.2, -0.15) is 0 Å². The number of fused-ring (bicyclic) bond motifs is 1. The third kappa shape index (κ3) is 2.32. The Balaban J connectivity index is 1.69. The van der Waals surface area contributed by atoms with Gasteiger partial charge in [0, 0.05) is 25.6 Å². The topological polar surface area (TPSA) is 50.8 Å². The van der Waals surface area contributed by atoms with Crippen LogP contribution >= 0.6 is 0 Å². The van der Waals surface area contributed by atoms with E-state index in [1.807, 2.05) is 24.0 Å². The van der Waals surface area contributed by atoms with Gasteiger partial charge in [-0.15, -0.1) is 0 Å². The normalized spacial score (nSPS) is 20.7. The van der Waals surface area contributed by atoms with Crippen molar-refractivity contribution in [2.45, 2.75) is 19.3 Å². The van der Waals surface area contributed by atoms with Crippen molar-refractivity contribution in [2.24, 2.45) is 0 Å². The van der Waals surface area contributed by atoms with Crippen LogP contribution in [0.3, 0.4) is 0 Å². The molecule has 1 aromatic carbocycles. The number of hydrogen-bond acceptors (Lipinski definition) is 3. The summed E-state index contributed by atoms with van der Waals surface area (Å²) in [4.78, 5) is 13.7. The molecule has 19 heavy (non-hydrogen) atoms. The first-order valence-electron chi connectivity index (χ1n) is 6.70. The lowest BCUT2D eigenvalue weighted by Crippen LogP contribution is -2.38. The summed E-state index contributed by atoms with van der Waals surface area (Å²) in [6, 6.07) is 6.09. The molecule has 0 bridgehead atoms. The molecule has 0 aromatic heterocycles. The molecule has 1 atom stereocenters. The summed E-state index contributed by atoms with van der Waals surface area (Å²) in [7, 11) is 0. The van der Waals surface area contributed by atoms with Gasteiger partial charge in [-0.05, 0) is 31.0 Å². The summed E-state index contributed by atoms with van der Waals surface area (Å²) >= 11 is 0. The Morgan fingerprint density at radius 1 is 1.42 bits per heavy atom. The Kier molecular flexibility index (Phi) is 3.19. The zero-order valence-corrected chi connectivity index (χ0v) is 11.0. The molecule has 0 saturated carbocycles. The highest BCUT2D eigenvalue weighted by Crippen LogP contribution is 2.36. The Morgan fingerprint density at radius 3 is 3.11 bits per heavy atom.